The molecule has 0 spiro atoms. The molecule has 1 N–H and O–H groups in total. The topological polar surface area (TPSA) is 66.8 Å². The number of carbonyl (C=O) groups is 2. The minimum absolute atomic E-state index is 0.200. The van der Waals surface area contributed by atoms with Crippen LogP contribution in [0.15, 0.2) is 24.3 Å². The van der Waals surface area contributed by atoms with Crippen LogP contribution in [0.2, 0.25) is 0 Å². The molecule has 19 heavy (non-hydrogen) atoms. The van der Waals surface area contributed by atoms with E-state index < -0.39 is 5.97 Å². The van der Waals surface area contributed by atoms with E-state index in [1.807, 2.05) is 31.2 Å². The molecule has 0 fully saturated rings. The Kier molecular flexibility index (Phi) is 6.02. The highest BCUT2D eigenvalue weighted by atomic mass is 16.5. The number of carboxylic acids is 1. The molecule has 0 aliphatic carbocycles. The fraction of sp³-hybridized carbons (Fsp3) is 0.429. The van der Waals surface area contributed by atoms with Crippen LogP contribution in [0.3, 0.4) is 0 Å². The Morgan fingerprint density at radius 2 is 2.00 bits per heavy atom. The smallest absolute Gasteiger partial charge is 0.323 e. The second kappa shape index (κ2) is 7.53. The molecular weight excluding hydrogens is 246 g/mol. The molecule has 0 aromatic heterocycles. The quantitative estimate of drug-likeness (QED) is 0.801. The molecule has 0 radical (unpaired) electrons. The summed E-state index contributed by atoms with van der Waals surface area (Å²) in [5.74, 6) is -1.22. The Hall–Kier alpha value is -1.88. The third-order valence-electron chi connectivity index (χ3n) is 2.85. The van der Waals surface area contributed by atoms with Gasteiger partial charge in [-0.1, -0.05) is 24.3 Å². The van der Waals surface area contributed by atoms with E-state index in [1.54, 1.807) is 0 Å². The Labute approximate surface area is 112 Å². The number of aliphatic carboxylic acids is 1. The van der Waals surface area contributed by atoms with E-state index in [1.165, 1.54) is 12.0 Å². The lowest BCUT2D eigenvalue weighted by molar-refractivity contribution is -0.144. The van der Waals surface area contributed by atoms with Gasteiger partial charge in [0.25, 0.3) is 0 Å². The molecule has 1 aromatic carbocycles. The van der Waals surface area contributed by atoms with Crippen LogP contribution >= 0.6 is 0 Å². The molecule has 0 aliphatic heterocycles. The van der Waals surface area contributed by atoms with Crippen molar-refractivity contribution in [3.05, 3.63) is 35.4 Å². The van der Waals surface area contributed by atoms with Gasteiger partial charge in [0.05, 0.1) is 13.0 Å². The zero-order valence-electron chi connectivity index (χ0n) is 11.3. The fourth-order valence-corrected chi connectivity index (χ4v) is 1.74. The average Bonchev–Trinajstić information content (AvgIpc) is 2.36. The maximum absolute atomic E-state index is 12.1. The highest BCUT2D eigenvalue weighted by Crippen LogP contribution is 2.09. The van der Waals surface area contributed by atoms with E-state index in [-0.39, 0.29) is 25.4 Å². The third-order valence-corrected chi connectivity index (χ3v) is 2.85. The second-order valence-corrected chi connectivity index (χ2v) is 4.31. The van der Waals surface area contributed by atoms with Gasteiger partial charge < -0.3 is 14.7 Å². The maximum Gasteiger partial charge on any atom is 0.323 e. The van der Waals surface area contributed by atoms with E-state index in [2.05, 4.69) is 0 Å². The van der Waals surface area contributed by atoms with Crippen LogP contribution in [0, 0.1) is 6.92 Å². The average molecular weight is 265 g/mol. The third kappa shape index (κ3) is 5.09. The van der Waals surface area contributed by atoms with E-state index in [4.69, 9.17) is 9.84 Å². The molecular formula is C14H19NO4. The van der Waals surface area contributed by atoms with Gasteiger partial charge in [-0.05, 0) is 18.1 Å². The fourth-order valence-electron chi connectivity index (χ4n) is 1.74. The Morgan fingerprint density at radius 1 is 1.32 bits per heavy atom. The SMILES string of the molecule is COCCN(CC(=O)O)C(=O)Cc1ccccc1C. The van der Waals surface area contributed by atoms with Crippen molar-refractivity contribution in [2.45, 2.75) is 13.3 Å². The number of hydrogen-bond donors (Lipinski definition) is 1. The largest absolute Gasteiger partial charge is 0.480 e. The minimum Gasteiger partial charge on any atom is -0.480 e. The van der Waals surface area contributed by atoms with E-state index in [0.29, 0.717) is 6.61 Å². The van der Waals surface area contributed by atoms with Crippen LogP contribution in [-0.2, 0) is 20.7 Å². The summed E-state index contributed by atoms with van der Waals surface area (Å²) < 4.78 is 4.89. The first-order valence-electron chi connectivity index (χ1n) is 6.07. The number of nitrogens with zero attached hydrogens (tertiary/aromatic N) is 1. The van der Waals surface area contributed by atoms with Gasteiger partial charge in [0.1, 0.15) is 6.54 Å². The second-order valence-electron chi connectivity index (χ2n) is 4.31. The lowest BCUT2D eigenvalue weighted by atomic mass is 10.1. The van der Waals surface area contributed by atoms with Gasteiger partial charge in [-0.2, -0.15) is 0 Å². The van der Waals surface area contributed by atoms with Crippen molar-refractivity contribution >= 4 is 11.9 Å². The highest BCUT2D eigenvalue weighted by molar-refractivity contribution is 5.83. The summed E-state index contributed by atoms with van der Waals surface area (Å²) in [6.07, 6.45) is 0.212. The van der Waals surface area contributed by atoms with Crippen molar-refractivity contribution in [3.8, 4) is 0 Å². The predicted octanol–water partition coefficient (Wildman–Crippen LogP) is 1.10. The zero-order valence-corrected chi connectivity index (χ0v) is 11.3. The van der Waals surface area contributed by atoms with E-state index in [9.17, 15) is 9.59 Å². The lowest BCUT2D eigenvalue weighted by Gasteiger charge is -2.20. The zero-order chi connectivity index (χ0) is 14.3. The molecule has 1 amide bonds. The Morgan fingerprint density at radius 3 is 2.58 bits per heavy atom. The summed E-state index contributed by atoms with van der Waals surface area (Å²) in [5.41, 5.74) is 1.94. The normalized spacial score (nSPS) is 10.2. The van der Waals surface area contributed by atoms with Gasteiger partial charge in [0.15, 0.2) is 0 Å². The van der Waals surface area contributed by atoms with Crippen molar-refractivity contribution in [1.29, 1.82) is 0 Å². The molecule has 0 heterocycles. The molecule has 1 aromatic rings. The predicted molar refractivity (Wildman–Crippen MR) is 71.0 cm³/mol. The molecule has 0 aliphatic rings. The van der Waals surface area contributed by atoms with Gasteiger partial charge in [-0.15, -0.1) is 0 Å². The summed E-state index contributed by atoms with van der Waals surface area (Å²) in [4.78, 5) is 24.2. The van der Waals surface area contributed by atoms with E-state index in [0.717, 1.165) is 11.1 Å². The summed E-state index contributed by atoms with van der Waals surface area (Å²) in [6, 6.07) is 7.58. The summed E-state index contributed by atoms with van der Waals surface area (Å²) in [7, 11) is 1.52. The first kappa shape index (κ1) is 15.2. The number of amides is 1. The van der Waals surface area contributed by atoms with Crippen molar-refractivity contribution in [3.63, 3.8) is 0 Å². The number of ether oxygens (including phenoxy) is 1. The van der Waals surface area contributed by atoms with Crippen molar-refractivity contribution in [2.24, 2.45) is 0 Å². The molecule has 0 unspecified atom stereocenters. The summed E-state index contributed by atoms with van der Waals surface area (Å²) >= 11 is 0. The summed E-state index contributed by atoms with van der Waals surface area (Å²) in [6.45, 7) is 2.24. The standard InChI is InChI=1S/C14H19NO4/c1-11-5-3-4-6-12(11)9-13(16)15(7-8-19-2)10-14(17)18/h3-6H,7-10H2,1-2H3,(H,17,18). The number of carboxylic acid groups (broad SMARTS) is 1. The molecule has 0 atom stereocenters. The van der Waals surface area contributed by atoms with Crippen molar-refractivity contribution in [2.75, 3.05) is 26.8 Å². The number of methoxy groups -OCH3 is 1. The summed E-state index contributed by atoms with van der Waals surface area (Å²) in [5, 5.41) is 8.82. The lowest BCUT2D eigenvalue weighted by Crippen LogP contribution is -2.39. The number of rotatable bonds is 7. The molecule has 0 saturated heterocycles. The van der Waals surface area contributed by atoms with Crippen LogP contribution in [0.4, 0.5) is 0 Å². The van der Waals surface area contributed by atoms with Crippen LogP contribution in [-0.4, -0.2) is 48.7 Å². The van der Waals surface area contributed by atoms with Crippen molar-refractivity contribution in [1.82, 2.24) is 4.90 Å². The monoisotopic (exact) mass is 265 g/mol. The number of aryl methyl sites for hydroxylation is 1. The van der Waals surface area contributed by atoms with Gasteiger partial charge in [-0.3, -0.25) is 9.59 Å². The molecule has 1 rings (SSSR count). The van der Waals surface area contributed by atoms with E-state index >= 15 is 0 Å². The number of carbonyl (C=O) groups excluding carboxylic acids is 1. The molecule has 104 valence electrons. The maximum atomic E-state index is 12.1. The van der Waals surface area contributed by atoms with Crippen LogP contribution in [0.5, 0.6) is 0 Å². The Balaban J connectivity index is 2.70. The molecule has 0 saturated carbocycles. The first-order chi connectivity index (χ1) is 9.04. The van der Waals surface area contributed by atoms with Crippen molar-refractivity contribution < 1.29 is 19.4 Å². The van der Waals surface area contributed by atoms with Crippen LogP contribution in [0.1, 0.15) is 11.1 Å². The minimum atomic E-state index is -1.02. The van der Waals surface area contributed by atoms with Crippen LogP contribution in [0.25, 0.3) is 0 Å². The van der Waals surface area contributed by atoms with Gasteiger partial charge in [0, 0.05) is 13.7 Å². The number of benzene rings is 1. The highest BCUT2D eigenvalue weighted by Gasteiger charge is 2.17. The molecule has 5 nitrogen and oxygen atoms in total. The molecule has 5 heteroatoms. The number of hydrogen-bond acceptors (Lipinski definition) is 3. The Bertz CT molecular complexity index is 445. The van der Waals surface area contributed by atoms with Crippen LogP contribution < -0.4 is 0 Å². The van der Waals surface area contributed by atoms with Gasteiger partial charge >= 0.3 is 5.97 Å². The van der Waals surface area contributed by atoms with Gasteiger partial charge in [0.2, 0.25) is 5.91 Å². The molecule has 0 bridgehead atoms. The van der Waals surface area contributed by atoms with Gasteiger partial charge in [-0.25, -0.2) is 0 Å². The first-order valence-corrected chi connectivity index (χ1v) is 6.07.